The first-order chi connectivity index (χ1) is 10.7. The SMILES string of the molecule is CCONC(=O)CSCc1nc2sc3c(c2c(=O)[nH]1)CCC3. The third-order valence-corrected chi connectivity index (χ3v) is 5.56. The average Bonchev–Trinajstić information content (AvgIpc) is 3.05. The van der Waals surface area contributed by atoms with Crippen LogP contribution in [0.5, 0.6) is 0 Å². The lowest BCUT2D eigenvalue weighted by molar-refractivity contribution is -0.130. The van der Waals surface area contributed by atoms with Crippen molar-refractivity contribution in [3.8, 4) is 0 Å². The van der Waals surface area contributed by atoms with Crippen LogP contribution in [-0.4, -0.2) is 28.2 Å². The second-order valence-corrected chi connectivity index (χ2v) is 7.07. The van der Waals surface area contributed by atoms with Gasteiger partial charge in [0.15, 0.2) is 0 Å². The van der Waals surface area contributed by atoms with Gasteiger partial charge in [-0.1, -0.05) is 0 Å². The van der Waals surface area contributed by atoms with Crippen molar-refractivity contribution in [2.75, 3.05) is 12.4 Å². The van der Waals surface area contributed by atoms with Crippen molar-refractivity contribution in [1.82, 2.24) is 15.4 Å². The Balaban J connectivity index is 1.68. The van der Waals surface area contributed by atoms with Crippen LogP contribution in [0.25, 0.3) is 10.2 Å². The van der Waals surface area contributed by atoms with Crippen LogP contribution in [0, 0.1) is 0 Å². The minimum Gasteiger partial charge on any atom is -0.309 e. The predicted molar refractivity (Wildman–Crippen MR) is 88.2 cm³/mol. The zero-order chi connectivity index (χ0) is 15.5. The van der Waals surface area contributed by atoms with E-state index in [1.807, 2.05) is 0 Å². The van der Waals surface area contributed by atoms with E-state index in [0.29, 0.717) is 18.2 Å². The number of thioether (sulfide) groups is 1. The fourth-order valence-corrected chi connectivity index (χ4v) is 4.50. The third-order valence-electron chi connectivity index (χ3n) is 3.43. The van der Waals surface area contributed by atoms with Crippen LogP contribution in [0.4, 0.5) is 0 Å². The summed E-state index contributed by atoms with van der Waals surface area (Å²) in [6.45, 7) is 2.24. The number of nitrogens with one attached hydrogen (secondary N) is 2. The maximum absolute atomic E-state index is 12.3. The predicted octanol–water partition coefficient (Wildman–Crippen LogP) is 1.77. The number of carbonyl (C=O) groups is 1. The molecule has 6 nitrogen and oxygen atoms in total. The maximum Gasteiger partial charge on any atom is 0.259 e. The number of hydroxylamine groups is 1. The Labute approximate surface area is 135 Å². The highest BCUT2D eigenvalue weighted by Gasteiger charge is 2.21. The molecule has 2 N–H and O–H groups in total. The lowest BCUT2D eigenvalue weighted by Gasteiger charge is -2.04. The van der Waals surface area contributed by atoms with Gasteiger partial charge in [0.05, 0.1) is 23.5 Å². The minimum absolute atomic E-state index is 0.0567. The number of aromatic nitrogens is 2. The molecule has 0 saturated carbocycles. The molecule has 0 bridgehead atoms. The molecule has 1 amide bonds. The Morgan fingerprint density at radius 3 is 3.18 bits per heavy atom. The fraction of sp³-hybridized carbons (Fsp3) is 0.500. The lowest BCUT2D eigenvalue weighted by Crippen LogP contribution is -2.25. The second-order valence-electron chi connectivity index (χ2n) is 5.00. The van der Waals surface area contributed by atoms with Crippen molar-refractivity contribution >= 4 is 39.2 Å². The standard InChI is InChI=1S/C14H17N3O3S2/c1-2-20-17-11(18)7-21-6-10-15-13(19)12-8-4-3-5-9(8)22-14(12)16-10/h2-7H2,1H3,(H,17,18)(H,15,16,19). The number of fused-ring (bicyclic) bond motifs is 3. The summed E-state index contributed by atoms with van der Waals surface area (Å²) >= 11 is 3.02. The second kappa shape index (κ2) is 6.80. The van der Waals surface area contributed by atoms with Gasteiger partial charge in [0.2, 0.25) is 0 Å². The van der Waals surface area contributed by atoms with Crippen LogP contribution in [0.15, 0.2) is 4.79 Å². The molecule has 1 aliphatic carbocycles. The topological polar surface area (TPSA) is 84.1 Å². The normalized spacial score (nSPS) is 13.5. The van der Waals surface area contributed by atoms with Crippen LogP contribution >= 0.6 is 23.1 Å². The zero-order valence-electron chi connectivity index (χ0n) is 12.2. The van der Waals surface area contributed by atoms with Gasteiger partial charge < -0.3 is 4.98 Å². The maximum atomic E-state index is 12.3. The fourth-order valence-electron chi connectivity index (χ4n) is 2.54. The summed E-state index contributed by atoms with van der Waals surface area (Å²) in [5, 5.41) is 0.764. The molecule has 2 heterocycles. The molecular formula is C14H17N3O3S2. The number of rotatable bonds is 6. The van der Waals surface area contributed by atoms with E-state index in [1.165, 1.54) is 22.2 Å². The first-order valence-electron chi connectivity index (χ1n) is 7.21. The first kappa shape index (κ1) is 15.5. The van der Waals surface area contributed by atoms with Crippen molar-refractivity contribution < 1.29 is 9.63 Å². The zero-order valence-corrected chi connectivity index (χ0v) is 13.9. The molecule has 0 spiro atoms. The summed E-state index contributed by atoms with van der Waals surface area (Å²) < 4.78 is 0. The van der Waals surface area contributed by atoms with Gasteiger partial charge in [-0.15, -0.1) is 23.1 Å². The van der Waals surface area contributed by atoms with E-state index in [9.17, 15) is 9.59 Å². The largest absolute Gasteiger partial charge is 0.309 e. The Bertz CT molecular complexity index is 754. The minimum atomic E-state index is -0.189. The van der Waals surface area contributed by atoms with Gasteiger partial charge in [0.25, 0.3) is 11.5 Å². The third kappa shape index (κ3) is 3.18. The first-order valence-corrected chi connectivity index (χ1v) is 9.18. The number of thiophene rings is 1. The summed E-state index contributed by atoms with van der Waals surface area (Å²) in [5.74, 6) is 1.19. The van der Waals surface area contributed by atoms with Crippen molar-refractivity contribution in [1.29, 1.82) is 0 Å². The van der Waals surface area contributed by atoms with Gasteiger partial charge in [-0.05, 0) is 31.7 Å². The molecule has 22 heavy (non-hydrogen) atoms. The number of nitrogens with zero attached hydrogens (tertiary/aromatic N) is 1. The van der Waals surface area contributed by atoms with Gasteiger partial charge in [0.1, 0.15) is 10.7 Å². The summed E-state index contributed by atoms with van der Waals surface area (Å²) in [6.07, 6.45) is 3.16. The van der Waals surface area contributed by atoms with E-state index in [1.54, 1.807) is 18.3 Å². The molecule has 0 unspecified atom stereocenters. The number of H-pyrrole nitrogens is 1. The highest BCUT2D eigenvalue weighted by Crippen LogP contribution is 2.34. The monoisotopic (exact) mass is 339 g/mol. The molecule has 3 rings (SSSR count). The molecule has 0 aromatic carbocycles. The number of aromatic amines is 1. The lowest BCUT2D eigenvalue weighted by atomic mass is 10.2. The smallest absolute Gasteiger partial charge is 0.259 e. The van der Waals surface area contributed by atoms with Crippen LogP contribution in [0.3, 0.4) is 0 Å². The molecule has 118 valence electrons. The van der Waals surface area contributed by atoms with Crippen molar-refractivity contribution in [3.05, 3.63) is 26.6 Å². The van der Waals surface area contributed by atoms with E-state index in [0.717, 1.165) is 29.5 Å². The van der Waals surface area contributed by atoms with Gasteiger partial charge in [-0.3, -0.25) is 14.4 Å². The van der Waals surface area contributed by atoms with Crippen LogP contribution in [0.2, 0.25) is 0 Å². The highest BCUT2D eigenvalue weighted by atomic mass is 32.2. The van der Waals surface area contributed by atoms with Crippen LogP contribution in [0.1, 0.15) is 29.6 Å². The molecule has 0 atom stereocenters. The Kier molecular flexibility index (Phi) is 4.80. The molecule has 1 aliphatic rings. The van der Waals surface area contributed by atoms with Gasteiger partial charge in [-0.2, -0.15) is 0 Å². The molecule has 0 fully saturated rings. The molecule has 2 aromatic heterocycles. The average molecular weight is 339 g/mol. The summed E-state index contributed by atoms with van der Waals surface area (Å²) in [4.78, 5) is 38.0. The van der Waals surface area contributed by atoms with E-state index < -0.39 is 0 Å². The van der Waals surface area contributed by atoms with E-state index in [2.05, 4.69) is 15.4 Å². The van der Waals surface area contributed by atoms with Crippen molar-refractivity contribution in [3.63, 3.8) is 0 Å². The van der Waals surface area contributed by atoms with Crippen molar-refractivity contribution in [2.45, 2.75) is 31.9 Å². The highest BCUT2D eigenvalue weighted by molar-refractivity contribution is 7.99. The number of hydrogen-bond acceptors (Lipinski definition) is 6. The summed E-state index contributed by atoms with van der Waals surface area (Å²) in [7, 11) is 0. The Morgan fingerprint density at radius 1 is 1.50 bits per heavy atom. The van der Waals surface area contributed by atoms with Crippen LogP contribution < -0.4 is 11.0 Å². The van der Waals surface area contributed by atoms with Gasteiger partial charge in [-0.25, -0.2) is 10.5 Å². The van der Waals surface area contributed by atoms with Crippen molar-refractivity contribution in [2.24, 2.45) is 0 Å². The summed E-state index contributed by atoms with van der Waals surface area (Å²) in [5.41, 5.74) is 3.46. The van der Waals surface area contributed by atoms with Gasteiger partial charge >= 0.3 is 0 Å². The summed E-state index contributed by atoms with van der Waals surface area (Å²) in [6, 6.07) is 0. The Morgan fingerprint density at radius 2 is 2.36 bits per heavy atom. The molecule has 8 heteroatoms. The van der Waals surface area contributed by atoms with Gasteiger partial charge in [0, 0.05) is 4.88 Å². The molecular weight excluding hydrogens is 322 g/mol. The molecule has 2 aromatic rings. The number of amides is 1. The van der Waals surface area contributed by atoms with E-state index in [4.69, 9.17) is 4.84 Å². The number of hydrogen-bond donors (Lipinski definition) is 2. The number of carbonyl (C=O) groups excluding carboxylic acids is 1. The van der Waals surface area contributed by atoms with E-state index >= 15 is 0 Å². The molecule has 0 saturated heterocycles. The molecule has 0 aliphatic heterocycles. The van der Waals surface area contributed by atoms with E-state index in [-0.39, 0.29) is 17.2 Å². The molecule has 0 radical (unpaired) electrons. The number of aryl methyl sites for hydroxylation is 2. The quantitative estimate of drug-likeness (QED) is 0.784. The Hall–Kier alpha value is -1.38. The van der Waals surface area contributed by atoms with Crippen LogP contribution in [-0.2, 0) is 28.2 Å².